The van der Waals surface area contributed by atoms with Crippen LogP contribution in [0.1, 0.15) is 37.7 Å². The van der Waals surface area contributed by atoms with Crippen LogP contribution in [-0.2, 0) is 26.1 Å². The Morgan fingerprint density at radius 3 is 2.29 bits per heavy atom. The van der Waals surface area contributed by atoms with Gasteiger partial charge in [-0.2, -0.15) is 4.31 Å². The molecule has 1 aliphatic rings. The van der Waals surface area contributed by atoms with Crippen molar-refractivity contribution in [1.82, 2.24) is 13.7 Å². The molecule has 7 nitrogen and oxygen atoms in total. The van der Waals surface area contributed by atoms with Crippen molar-refractivity contribution in [1.29, 1.82) is 0 Å². The van der Waals surface area contributed by atoms with E-state index in [1.54, 1.807) is 6.20 Å². The number of hydrogen-bond donors (Lipinski definition) is 0. The SMILES string of the molecule is O=C(CN(Cc1ccc2nccn2c1)S(=O)(=O)c1c(F)c(F)c(F)c(F)c1F)OC1CCCCC1. The van der Waals surface area contributed by atoms with Crippen molar-refractivity contribution < 1.29 is 39.9 Å². The molecular formula is C22H20F5N3O4S. The Hall–Kier alpha value is -3.06. The van der Waals surface area contributed by atoms with Gasteiger partial charge < -0.3 is 9.14 Å². The van der Waals surface area contributed by atoms with Crippen LogP contribution in [0.25, 0.3) is 5.65 Å². The largest absolute Gasteiger partial charge is 0.461 e. The molecule has 0 unspecified atom stereocenters. The molecule has 2 heterocycles. The molecule has 1 fully saturated rings. The third-order valence-electron chi connectivity index (χ3n) is 5.73. The third-order valence-corrected chi connectivity index (χ3v) is 7.54. The van der Waals surface area contributed by atoms with E-state index in [0.29, 0.717) is 22.8 Å². The number of fused-ring (bicyclic) bond motifs is 1. The van der Waals surface area contributed by atoms with Gasteiger partial charge in [-0.3, -0.25) is 4.79 Å². The van der Waals surface area contributed by atoms with Gasteiger partial charge in [-0.1, -0.05) is 12.5 Å². The lowest BCUT2D eigenvalue weighted by atomic mass is 9.98. The van der Waals surface area contributed by atoms with Crippen LogP contribution in [0.15, 0.2) is 35.6 Å². The van der Waals surface area contributed by atoms with E-state index in [1.807, 2.05) is 0 Å². The van der Waals surface area contributed by atoms with Gasteiger partial charge in [0.05, 0.1) is 0 Å². The fraction of sp³-hybridized carbons (Fsp3) is 0.364. The van der Waals surface area contributed by atoms with Crippen molar-refractivity contribution in [2.75, 3.05) is 6.54 Å². The number of aromatic nitrogens is 2. The fourth-order valence-electron chi connectivity index (χ4n) is 3.98. The van der Waals surface area contributed by atoms with E-state index in [-0.39, 0.29) is 5.56 Å². The van der Waals surface area contributed by atoms with Gasteiger partial charge in [-0.25, -0.2) is 35.4 Å². The standard InChI is InChI=1S/C22H20F5N3O4S/c23-17-18(24)20(26)22(21(27)19(17)25)35(32,33)30(12-16(31)34-14-4-2-1-3-5-14)11-13-6-7-15-28-8-9-29(15)10-13/h6-10,14H,1-5,11-12H2. The Morgan fingerprint density at radius 2 is 1.63 bits per heavy atom. The second kappa shape index (κ2) is 9.90. The number of rotatable bonds is 7. The van der Waals surface area contributed by atoms with Crippen LogP contribution >= 0.6 is 0 Å². The average Bonchev–Trinajstić information content (AvgIpc) is 3.29. The number of sulfonamides is 1. The molecule has 0 atom stereocenters. The van der Waals surface area contributed by atoms with Crippen LogP contribution in [0.4, 0.5) is 22.0 Å². The zero-order chi connectivity index (χ0) is 25.3. The number of imidazole rings is 1. The molecule has 1 aliphatic carbocycles. The predicted molar refractivity (Wildman–Crippen MR) is 112 cm³/mol. The first kappa shape index (κ1) is 25.0. The van der Waals surface area contributed by atoms with Crippen molar-refractivity contribution in [2.45, 2.75) is 49.6 Å². The van der Waals surface area contributed by atoms with Crippen LogP contribution in [0.2, 0.25) is 0 Å². The lowest BCUT2D eigenvalue weighted by Gasteiger charge is -2.25. The molecule has 1 saturated carbocycles. The Kier molecular flexibility index (Phi) is 7.08. The number of esters is 1. The number of pyridine rings is 1. The predicted octanol–water partition coefficient (Wildman–Crippen LogP) is 4.10. The monoisotopic (exact) mass is 517 g/mol. The van der Waals surface area contributed by atoms with E-state index in [2.05, 4.69) is 4.98 Å². The summed E-state index contributed by atoms with van der Waals surface area (Å²) in [6.07, 6.45) is 7.79. The first-order valence-corrected chi connectivity index (χ1v) is 12.2. The maximum Gasteiger partial charge on any atom is 0.321 e. The second-order valence-electron chi connectivity index (χ2n) is 8.15. The van der Waals surface area contributed by atoms with Crippen molar-refractivity contribution in [3.63, 3.8) is 0 Å². The summed E-state index contributed by atoms with van der Waals surface area (Å²) in [6, 6.07) is 2.98. The van der Waals surface area contributed by atoms with Crippen molar-refractivity contribution in [2.24, 2.45) is 0 Å². The molecule has 3 aromatic rings. The maximum atomic E-state index is 14.4. The minimum atomic E-state index is -5.39. The minimum Gasteiger partial charge on any atom is -0.461 e. The normalized spacial score (nSPS) is 15.1. The molecule has 0 saturated heterocycles. The average molecular weight is 517 g/mol. The van der Waals surface area contributed by atoms with Crippen LogP contribution in [0, 0.1) is 29.1 Å². The molecule has 0 spiro atoms. The molecule has 0 bridgehead atoms. The van der Waals surface area contributed by atoms with Gasteiger partial charge in [0, 0.05) is 25.1 Å². The number of nitrogens with zero attached hydrogens (tertiary/aromatic N) is 3. The Morgan fingerprint density at radius 1 is 1.00 bits per heavy atom. The van der Waals surface area contributed by atoms with E-state index >= 15 is 0 Å². The molecular weight excluding hydrogens is 497 g/mol. The van der Waals surface area contributed by atoms with E-state index in [0.717, 1.165) is 19.3 Å². The highest BCUT2D eigenvalue weighted by Crippen LogP contribution is 2.30. The molecule has 35 heavy (non-hydrogen) atoms. The van der Waals surface area contributed by atoms with Crippen LogP contribution in [0.3, 0.4) is 0 Å². The molecule has 4 rings (SSSR count). The first-order chi connectivity index (χ1) is 16.6. The number of carbonyl (C=O) groups is 1. The van der Waals surface area contributed by atoms with Gasteiger partial charge in [0.25, 0.3) is 0 Å². The number of halogens is 5. The van der Waals surface area contributed by atoms with Crippen molar-refractivity contribution in [3.8, 4) is 0 Å². The van der Waals surface area contributed by atoms with E-state index < -0.39 is 69.2 Å². The molecule has 0 amide bonds. The van der Waals surface area contributed by atoms with Gasteiger partial charge in [0.1, 0.15) is 18.3 Å². The summed E-state index contributed by atoms with van der Waals surface area (Å²) in [4.78, 5) is 14.6. The number of hydrogen-bond acceptors (Lipinski definition) is 5. The molecule has 0 aliphatic heterocycles. The second-order valence-corrected chi connectivity index (χ2v) is 10.0. The fourth-order valence-corrected chi connectivity index (χ4v) is 5.46. The summed E-state index contributed by atoms with van der Waals surface area (Å²) < 4.78 is 103. The summed E-state index contributed by atoms with van der Waals surface area (Å²) in [5.74, 6) is -13.4. The molecule has 13 heteroatoms. The zero-order valence-corrected chi connectivity index (χ0v) is 19.0. The molecule has 0 radical (unpaired) electrons. The van der Waals surface area contributed by atoms with Gasteiger partial charge in [0.15, 0.2) is 28.2 Å². The highest BCUT2D eigenvalue weighted by molar-refractivity contribution is 7.89. The Labute approximate surface area is 197 Å². The van der Waals surface area contributed by atoms with E-state index in [9.17, 15) is 35.2 Å². The molecule has 1 aromatic carbocycles. The highest BCUT2D eigenvalue weighted by atomic mass is 32.2. The molecule has 2 aromatic heterocycles. The summed E-state index contributed by atoms with van der Waals surface area (Å²) in [6.45, 7) is -1.62. The topological polar surface area (TPSA) is 81.0 Å². The maximum absolute atomic E-state index is 14.4. The summed E-state index contributed by atoms with van der Waals surface area (Å²) >= 11 is 0. The quantitative estimate of drug-likeness (QED) is 0.204. The Balaban J connectivity index is 1.71. The summed E-state index contributed by atoms with van der Waals surface area (Å²) in [5.41, 5.74) is 0.771. The first-order valence-electron chi connectivity index (χ1n) is 10.7. The van der Waals surface area contributed by atoms with Crippen LogP contribution in [-0.4, -0.2) is 40.7 Å². The van der Waals surface area contributed by atoms with Crippen molar-refractivity contribution in [3.05, 3.63) is 65.4 Å². The van der Waals surface area contributed by atoms with Gasteiger partial charge in [-0.15, -0.1) is 0 Å². The van der Waals surface area contributed by atoms with E-state index in [1.165, 1.54) is 28.9 Å². The summed E-state index contributed by atoms with van der Waals surface area (Å²) in [5, 5.41) is 0. The molecule has 0 N–H and O–H groups in total. The third kappa shape index (κ3) is 5.01. The smallest absolute Gasteiger partial charge is 0.321 e. The lowest BCUT2D eigenvalue weighted by Crippen LogP contribution is -2.38. The Bertz CT molecular complexity index is 1340. The van der Waals surface area contributed by atoms with Gasteiger partial charge >= 0.3 is 5.97 Å². The van der Waals surface area contributed by atoms with Gasteiger partial charge in [-0.05, 0) is 37.3 Å². The van der Waals surface area contributed by atoms with Crippen LogP contribution in [0.5, 0.6) is 0 Å². The van der Waals surface area contributed by atoms with Gasteiger partial charge in [0.2, 0.25) is 15.8 Å². The number of ether oxygens (including phenoxy) is 1. The minimum absolute atomic E-state index is 0.258. The number of benzene rings is 1. The molecule has 188 valence electrons. The highest BCUT2D eigenvalue weighted by Gasteiger charge is 2.38. The van der Waals surface area contributed by atoms with Crippen LogP contribution < -0.4 is 0 Å². The lowest BCUT2D eigenvalue weighted by molar-refractivity contribution is -0.150. The number of carbonyl (C=O) groups excluding carboxylic acids is 1. The van der Waals surface area contributed by atoms with E-state index in [4.69, 9.17) is 4.74 Å². The van der Waals surface area contributed by atoms with Crippen molar-refractivity contribution >= 4 is 21.6 Å². The zero-order valence-electron chi connectivity index (χ0n) is 18.2. The summed E-state index contributed by atoms with van der Waals surface area (Å²) in [7, 11) is -5.39.